The summed E-state index contributed by atoms with van der Waals surface area (Å²) in [5, 5.41) is 3.36. The Hall–Kier alpha value is -0.680. The van der Waals surface area contributed by atoms with E-state index in [0.717, 1.165) is 32.6 Å². The molecule has 1 aromatic heterocycles. The number of hydrogen-bond acceptors (Lipinski definition) is 3. The van der Waals surface area contributed by atoms with Crippen LogP contribution in [0.5, 0.6) is 0 Å². The Morgan fingerprint density at radius 1 is 1.47 bits per heavy atom. The van der Waals surface area contributed by atoms with Gasteiger partial charge in [-0.3, -0.25) is 0 Å². The molecular weight excluding hydrogens is 309 g/mol. The number of aromatic nitrogens is 1. The molecule has 1 aromatic rings. The number of piperidine rings is 1. The lowest BCUT2D eigenvalue weighted by atomic mass is 9.97. The Labute approximate surface area is 122 Å². The van der Waals surface area contributed by atoms with Crippen molar-refractivity contribution in [1.29, 1.82) is 0 Å². The molecule has 0 bridgehead atoms. The molecule has 0 spiro atoms. The van der Waals surface area contributed by atoms with Crippen molar-refractivity contribution in [1.82, 2.24) is 10.3 Å². The summed E-state index contributed by atoms with van der Waals surface area (Å²) in [6.07, 6.45) is 5.00. The van der Waals surface area contributed by atoms with Crippen molar-refractivity contribution in [2.75, 3.05) is 31.1 Å². The molecular formula is C14H21BrFN3. The first kappa shape index (κ1) is 14.7. The number of hydrogen-bond donors (Lipinski definition) is 1. The Morgan fingerprint density at radius 2 is 2.21 bits per heavy atom. The van der Waals surface area contributed by atoms with E-state index in [4.69, 9.17) is 0 Å². The van der Waals surface area contributed by atoms with Gasteiger partial charge in [0.1, 0.15) is 0 Å². The molecule has 5 heteroatoms. The molecule has 2 rings (SSSR count). The van der Waals surface area contributed by atoms with E-state index in [1.54, 1.807) is 6.20 Å². The Balaban J connectivity index is 2.09. The van der Waals surface area contributed by atoms with Crippen LogP contribution in [-0.4, -0.2) is 31.2 Å². The van der Waals surface area contributed by atoms with Crippen LogP contribution in [0.25, 0.3) is 0 Å². The molecule has 0 saturated carbocycles. The van der Waals surface area contributed by atoms with Gasteiger partial charge < -0.3 is 10.2 Å². The SMILES string of the molecule is CCCN(CC1CCNCC1)c1ncc(Br)cc1F. The van der Waals surface area contributed by atoms with Gasteiger partial charge in [0.25, 0.3) is 0 Å². The first-order chi connectivity index (χ1) is 9.20. The van der Waals surface area contributed by atoms with Gasteiger partial charge in [-0.15, -0.1) is 0 Å². The normalized spacial score (nSPS) is 16.6. The topological polar surface area (TPSA) is 28.2 Å². The minimum absolute atomic E-state index is 0.239. The van der Waals surface area contributed by atoms with Crippen LogP contribution in [0.3, 0.4) is 0 Å². The highest BCUT2D eigenvalue weighted by atomic mass is 79.9. The number of nitrogens with zero attached hydrogens (tertiary/aromatic N) is 2. The van der Waals surface area contributed by atoms with Gasteiger partial charge in [0.2, 0.25) is 0 Å². The quantitative estimate of drug-likeness (QED) is 0.899. The fraction of sp³-hybridized carbons (Fsp3) is 0.643. The zero-order valence-corrected chi connectivity index (χ0v) is 12.9. The van der Waals surface area contributed by atoms with Gasteiger partial charge in [0.15, 0.2) is 11.6 Å². The number of anilines is 1. The lowest BCUT2D eigenvalue weighted by molar-refractivity contribution is 0.371. The fourth-order valence-electron chi connectivity index (χ4n) is 2.57. The zero-order valence-electron chi connectivity index (χ0n) is 11.3. The van der Waals surface area contributed by atoms with Gasteiger partial charge in [-0.1, -0.05) is 6.92 Å². The molecule has 19 heavy (non-hydrogen) atoms. The molecule has 0 aliphatic carbocycles. The summed E-state index contributed by atoms with van der Waals surface area (Å²) in [5.74, 6) is 0.887. The van der Waals surface area contributed by atoms with Crippen molar-refractivity contribution in [3.8, 4) is 0 Å². The molecule has 0 unspecified atom stereocenters. The van der Waals surface area contributed by atoms with Gasteiger partial charge in [0, 0.05) is 23.8 Å². The largest absolute Gasteiger partial charge is 0.354 e. The first-order valence-corrected chi connectivity index (χ1v) is 7.76. The van der Waals surface area contributed by atoms with Crippen molar-refractivity contribution in [3.63, 3.8) is 0 Å². The molecule has 106 valence electrons. The van der Waals surface area contributed by atoms with E-state index in [1.165, 1.54) is 18.9 Å². The minimum atomic E-state index is -0.239. The average Bonchev–Trinajstić information content (AvgIpc) is 2.39. The van der Waals surface area contributed by atoms with E-state index in [-0.39, 0.29) is 5.82 Å². The number of pyridine rings is 1. The second kappa shape index (κ2) is 7.20. The molecule has 0 atom stereocenters. The van der Waals surface area contributed by atoms with Gasteiger partial charge in [-0.25, -0.2) is 9.37 Å². The monoisotopic (exact) mass is 329 g/mol. The number of rotatable bonds is 5. The predicted octanol–water partition coefficient (Wildman–Crippen LogP) is 3.20. The summed E-state index contributed by atoms with van der Waals surface area (Å²) in [6, 6.07) is 1.49. The highest BCUT2D eigenvalue weighted by Crippen LogP contribution is 2.23. The molecule has 3 nitrogen and oxygen atoms in total. The van der Waals surface area contributed by atoms with E-state index in [0.29, 0.717) is 16.2 Å². The average molecular weight is 330 g/mol. The van der Waals surface area contributed by atoms with Crippen LogP contribution < -0.4 is 10.2 Å². The second-order valence-electron chi connectivity index (χ2n) is 5.10. The molecule has 1 aliphatic heterocycles. The maximum Gasteiger partial charge on any atom is 0.166 e. The Bertz CT molecular complexity index is 408. The molecule has 1 aliphatic rings. The van der Waals surface area contributed by atoms with Gasteiger partial charge in [0.05, 0.1) is 0 Å². The van der Waals surface area contributed by atoms with Crippen LogP contribution >= 0.6 is 15.9 Å². The fourth-order valence-corrected chi connectivity index (χ4v) is 2.87. The summed E-state index contributed by atoms with van der Waals surface area (Å²) in [5.41, 5.74) is 0. The van der Waals surface area contributed by atoms with E-state index in [1.807, 2.05) is 0 Å². The third-order valence-corrected chi connectivity index (χ3v) is 3.95. The summed E-state index contributed by atoms with van der Waals surface area (Å²) in [4.78, 5) is 6.35. The third-order valence-electron chi connectivity index (χ3n) is 3.52. The maximum atomic E-state index is 14.0. The molecule has 0 amide bonds. The van der Waals surface area contributed by atoms with Crippen molar-refractivity contribution >= 4 is 21.7 Å². The lowest BCUT2D eigenvalue weighted by Gasteiger charge is -2.31. The number of halogens is 2. The van der Waals surface area contributed by atoms with E-state index in [9.17, 15) is 4.39 Å². The molecule has 1 fully saturated rings. The summed E-state index contributed by atoms with van der Waals surface area (Å²) >= 11 is 3.25. The third kappa shape index (κ3) is 4.14. The van der Waals surface area contributed by atoms with Gasteiger partial charge >= 0.3 is 0 Å². The van der Waals surface area contributed by atoms with Crippen molar-refractivity contribution in [3.05, 3.63) is 22.6 Å². The predicted molar refractivity (Wildman–Crippen MR) is 80.0 cm³/mol. The maximum absolute atomic E-state index is 14.0. The van der Waals surface area contributed by atoms with Crippen LogP contribution in [0, 0.1) is 11.7 Å². The van der Waals surface area contributed by atoms with E-state index >= 15 is 0 Å². The van der Waals surface area contributed by atoms with Crippen molar-refractivity contribution < 1.29 is 4.39 Å². The second-order valence-corrected chi connectivity index (χ2v) is 6.01. The minimum Gasteiger partial charge on any atom is -0.354 e. The summed E-state index contributed by atoms with van der Waals surface area (Å²) < 4.78 is 14.7. The lowest BCUT2D eigenvalue weighted by Crippen LogP contribution is -2.37. The zero-order chi connectivity index (χ0) is 13.7. The summed E-state index contributed by atoms with van der Waals surface area (Å²) in [6.45, 7) is 6.02. The highest BCUT2D eigenvalue weighted by Gasteiger charge is 2.19. The van der Waals surface area contributed by atoms with Crippen molar-refractivity contribution in [2.24, 2.45) is 5.92 Å². The van der Waals surface area contributed by atoms with Gasteiger partial charge in [-0.05, 0) is 60.3 Å². The first-order valence-electron chi connectivity index (χ1n) is 6.97. The van der Waals surface area contributed by atoms with Crippen LogP contribution in [0.2, 0.25) is 0 Å². The smallest absolute Gasteiger partial charge is 0.166 e. The molecule has 0 radical (unpaired) electrons. The Kier molecular flexibility index (Phi) is 5.58. The van der Waals surface area contributed by atoms with Gasteiger partial charge in [-0.2, -0.15) is 0 Å². The molecule has 1 N–H and O–H groups in total. The molecule has 0 aromatic carbocycles. The number of nitrogens with one attached hydrogen (secondary N) is 1. The molecule has 1 saturated heterocycles. The van der Waals surface area contributed by atoms with Crippen LogP contribution in [0.15, 0.2) is 16.7 Å². The standard InChI is InChI=1S/C14H21BrFN3/c1-2-7-19(10-11-3-5-17-6-4-11)14-13(16)8-12(15)9-18-14/h8-9,11,17H,2-7,10H2,1H3. The van der Waals surface area contributed by atoms with Crippen molar-refractivity contribution in [2.45, 2.75) is 26.2 Å². The van der Waals surface area contributed by atoms with E-state index in [2.05, 4.69) is 38.1 Å². The van der Waals surface area contributed by atoms with Crippen LogP contribution in [-0.2, 0) is 0 Å². The van der Waals surface area contributed by atoms with E-state index < -0.39 is 0 Å². The van der Waals surface area contributed by atoms with Crippen LogP contribution in [0.1, 0.15) is 26.2 Å². The Morgan fingerprint density at radius 3 is 2.84 bits per heavy atom. The molecule has 2 heterocycles. The summed E-state index contributed by atoms with van der Waals surface area (Å²) in [7, 11) is 0. The highest BCUT2D eigenvalue weighted by molar-refractivity contribution is 9.10. The van der Waals surface area contributed by atoms with Crippen LogP contribution in [0.4, 0.5) is 10.2 Å².